The molecule has 0 bridgehead atoms. The number of sulfonamides is 1. The van der Waals surface area contributed by atoms with Gasteiger partial charge in [-0.2, -0.15) is 15.0 Å². The van der Waals surface area contributed by atoms with Crippen LogP contribution in [0.3, 0.4) is 0 Å². The summed E-state index contributed by atoms with van der Waals surface area (Å²) in [6.45, 7) is 1.60. The van der Waals surface area contributed by atoms with Crippen molar-refractivity contribution in [3.05, 3.63) is 0 Å². The lowest BCUT2D eigenvalue weighted by Gasteiger charge is -2.22. The van der Waals surface area contributed by atoms with Crippen molar-refractivity contribution >= 4 is 27.9 Å². The van der Waals surface area contributed by atoms with E-state index in [0.717, 1.165) is 0 Å². The third-order valence-corrected chi connectivity index (χ3v) is 4.45. The van der Waals surface area contributed by atoms with Crippen LogP contribution in [0.5, 0.6) is 0 Å². The highest BCUT2D eigenvalue weighted by molar-refractivity contribution is 7.89. The normalized spacial score (nSPS) is 11.4. The molecule has 0 fully saturated rings. The van der Waals surface area contributed by atoms with Gasteiger partial charge in [-0.1, -0.05) is 0 Å². The SMILES string of the molecule is CCS(=O)(=O)NCCN(CCO)c1nc(NCCO)nc(NCOO)n1. The molecule has 0 radical (unpaired) electrons. The quantitative estimate of drug-likeness (QED) is 0.114. The minimum atomic E-state index is -3.34. The van der Waals surface area contributed by atoms with E-state index in [-0.39, 0.29) is 69.7 Å². The van der Waals surface area contributed by atoms with Gasteiger partial charge in [0.1, 0.15) is 0 Å². The largest absolute Gasteiger partial charge is 0.395 e. The van der Waals surface area contributed by atoms with Crippen molar-refractivity contribution in [3.8, 4) is 0 Å². The van der Waals surface area contributed by atoms with Crippen LogP contribution >= 0.6 is 0 Å². The van der Waals surface area contributed by atoms with Crippen molar-refractivity contribution in [2.75, 3.05) is 67.4 Å². The maximum absolute atomic E-state index is 11.5. The van der Waals surface area contributed by atoms with Crippen molar-refractivity contribution in [1.29, 1.82) is 0 Å². The topological polar surface area (TPSA) is 182 Å². The number of hydrogen-bond donors (Lipinski definition) is 6. The number of hydrogen-bond acceptors (Lipinski definition) is 12. The molecule has 1 aromatic heterocycles. The maximum Gasteiger partial charge on any atom is 0.232 e. The highest BCUT2D eigenvalue weighted by atomic mass is 32.2. The zero-order valence-electron chi connectivity index (χ0n) is 14.4. The first-order valence-electron chi connectivity index (χ1n) is 7.90. The van der Waals surface area contributed by atoms with E-state index in [1.165, 1.54) is 6.92 Å². The van der Waals surface area contributed by atoms with Crippen LogP contribution in [0.25, 0.3) is 0 Å². The van der Waals surface area contributed by atoms with Gasteiger partial charge in [-0.05, 0) is 6.92 Å². The van der Waals surface area contributed by atoms with Gasteiger partial charge in [0.2, 0.25) is 27.9 Å². The molecule has 1 aromatic rings. The highest BCUT2D eigenvalue weighted by Crippen LogP contribution is 2.13. The van der Waals surface area contributed by atoms with Crippen LogP contribution in [0.4, 0.5) is 17.8 Å². The molecule has 13 nitrogen and oxygen atoms in total. The van der Waals surface area contributed by atoms with Gasteiger partial charge in [-0.15, -0.1) is 0 Å². The van der Waals surface area contributed by atoms with E-state index in [1.54, 1.807) is 4.90 Å². The molecule has 0 aliphatic heterocycles. The summed E-state index contributed by atoms with van der Waals surface area (Å²) in [6, 6.07) is 0. The first-order valence-corrected chi connectivity index (χ1v) is 9.55. The summed E-state index contributed by atoms with van der Waals surface area (Å²) in [5.74, 6) is 0.372. The summed E-state index contributed by atoms with van der Waals surface area (Å²) in [4.78, 5) is 17.9. The molecule has 1 heterocycles. The number of aliphatic hydroxyl groups is 2. The van der Waals surface area contributed by atoms with E-state index in [4.69, 9.17) is 10.4 Å². The van der Waals surface area contributed by atoms with Crippen LogP contribution in [-0.2, 0) is 14.9 Å². The van der Waals surface area contributed by atoms with Crippen LogP contribution in [0.2, 0.25) is 0 Å². The maximum atomic E-state index is 11.5. The average molecular weight is 395 g/mol. The Hall–Kier alpha value is -1.84. The standard InChI is InChI=1S/C12H25N7O6S/c1-2-26(23,24)15-3-5-19(6-8-21)12-17-10(13-4-7-20)16-11(18-12)14-9-25-22/h15,20-22H,2-9H2,1H3,(H2,13,14,16,17,18). The summed E-state index contributed by atoms with van der Waals surface area (Å²) in [5.41, 5.74) is 0. The molecule has 26 heavy (non-hydrogen) atoms. The van der Waals surface area contributed by atoms with E-state index in [0.29, 0.717) is 0 Å². The minimum absolute atomic E-state index is 0.0385. The zero-order chi connectivity index (χ0) is 19.4. The third-order valence-electron chi connectivity index (χ3n) is 3.05. The van der Waals surface area contributed by atoms with Crippen LogP contribution < -0.4 is 20.3 Å². The Labute approximate surface area is 151 Å². The third kappa shape index (κ3) is 8.03. The molecule has 0 saturated heterocycles. The second-order valence-electron chi connectivity index (χ2n) is 4.89. The Morgan fingerprint density at radius 3 is 2.31 bits per heavy atom. The molecule has 0 spiro atoms. The minimum Gasteiger partial charge on any atom is -0.395 e. The number of nitrogens with one attached hydrogen (secondary N) is 3. The molecule has 0 aromatic carbocycles. The predicted molar refractivity (Wildman–Crippen MR) is 94.4 cm³/mol. The molecule has 0 aliphatic rings. The molecular formula is C12H25N7O6S. The fourth-order valence-corrected chi connectivity index (χ4v) is 2.41. The van der Waals surface area contributed by atoms with Crippen LogP contribution in [-0.4, -0.2) is 90.7 Å². The fraction of sp³-hybridized carbons (Fsp3) is 0.750. The van der Waals surface area contributed by atoms with E-state index in [1.807, 2.05) is 0 Å². The molecule has 150 valence electrons. The predicted octanol–water partition coefficient (Wildman–Crippen LogP) is -2.13. The molecule has 14 heteroatoms. The first kappa shape index (κ1) is 22.2. The van der Waals surface area contributed by atoms with Gasteiger partial charge >= 0.3 is 0 Å². The number of nitrogens with zero attached hydrogens (tertiary/aromatic N) is 4. The second kappa shape index (κ2) is 11.7. The summed E-state index contributed by atoms with van der Waals surface area (Å²) in [7, 11) is -3.34. The van der Waals surface area contributed by atoms with E-state index >= 15 is 0 Å². The smallest absolute Gasteiger partial charge is 0.232 e. The molecule has 0 amide bonds. The summed E-state index contributed by atoms with van der Waals surface area (Å²) >= 11 is 0. The Kier molecular flexibility index (Phi) is 10.0. The lowest BCUT2D eigenvalue weighted by atomic mass is 10.5. The van der Waals surface area contributed by atoms with Crippen molar-refractivity contribution in [1.82, 2.24) is 19.7 Å². The Morgan fingerprint density at radius 1 is 1.04 bits per heavy atom. The Balaban J connectivity index is 2.94. The van der Waals surface area contributed by atoms with Crippen molar-refractivity contribution in [2.45, 2.75) is 6.92 Å². The molecular weight excluding hydrogens is 370 g/mol. The van der Waals surface area contributed by atoms with E-state index in [2.05, 4.69) is 35.2 Å². The average Bonchev–Trinajstić information content (AvgIpc) is 2.63. The Bertz CT molecular complexity index is 606. The van der Waals surface area contributed by atoms with Crippen molar-refractivity contribution < 1.29 is 28.8 Å². The van der Waals surface area contributed by atoms with Gasteiger partial charge in [-0.3, -0.25) is 0 Å². The van der Waals surface area contributed by atoms with Gasteiger partial charge in [0.05, 0.1) is 19.0 Å². The highest BCUT2D eigenvalue weighted by Gasteiger charge is 2.15. The summed E-state index contributed by atoms with van der Waals surface area (Å²) in [6.07, 6.45) is 0. The molecule has 0 aliphatic carbocycles. The van der Waals surface area contributed by atoms with Gasteiger partial charge in [0.25, 0.3) is 0 Å². The van der Waals surface area contributed by atoms with Crippen LogP contribution in [0.1, 0.15) is 6.92 Å². The first-order chi connectivity index (χ1) is 12.5. The lowest BCUT2D eigenvalue weighted by molar-refractivity contribution is -0.235. The summed E-state index contributed by atoms with van der Waals surface area (Å²) < 4.78 is 25.5. The molecule has 6 N–H and O–H groups in total. The molecule has 0 atom stereocenters. The number of anilines is 3. The second-order valence-corrected chi connectivity index (χ2v) is 6.99. The summed E-state index contributed by atoms with van der Waals surface area (Å²) in [5, 5.41) is 32.0. The van der Waals surface area contributed by atoms with Gasteiger partial charge in [-0.25, -0.2) is 23.3 Å². The molecule has 0 unspecified atom stereocenters. The number of aromatic nitrogens is 3. The van der Waals surface area contributed by atoms with Crippen molar-refractivity contribution in [2.24, 2.45) is 0 Å². The zero-order valence-corrected chi connectivity index (χ0v) is 15.2. The number of aliphatic hydroxyl groups excluding tert-OH is 2. The van der Waals surface area contributed by atoms with E-state index in [9.17, 15) is 13.5 Å². The van der Waals surface area contributed by atoms with Gasteiger partial charge in [0.15, 0.2) is 6.73 Å². The Morgan fingerprint density at radius 2 is 1.73 bits per heavy atom. The van der Waals surface area contributed by atoms with Crippen LogP contribution in [0.15, 0.2) is 0 Å². The molecule has 1 rings (SSSR count). The van der Waals surface area contributed by atoms with Crippen molar-refractivity contribution in [3.63, 3.8) is 0 Å². The fourth-order valence-electron chi connectivity index (χ4n) is 1.80. The van der Waals surface area contributed by atoms with Crippen LogP contribution in [0, 0.1) is 0 Å². The van der Waals surface area contributed by atoms with Gasteiger partial charge in [0, 0.05) is 26.2 Å². The van der Waals surface area contributed by atoms with Gasteiger partial charge < -0.3 is 25.7 Å². The molecule has 0 saturated carbocycles. The lowest BCUT2D eigenvalue weighted by Crippen LogP contribution is -2.38. The monoisotopic (exact) mass is 395 g/mol. The van der Waals surface area contributed by atoms with E-state index < -0.39 is 10.0 Å². The number of rotatable bonds is 14.